The lowest BCUT2D eigenvalue weighted by Gasteiger charge is -2.04. The molecule has 106 valence electrons. The van der Waals surface area contributed by atoms with Crippen LogP contribution in [0.5, 0.6) is 5.88 Å². The molecule has 0 saturated heterocycles. The standard InChI is InChI=1S/C15H15N5O/c1-2-21-14-8-4-7-13(18-14)20-10-17-15(19-20)11-5-3-6-12(16)9-11/h3-10H,2,16H2,1H3. The Kier molecular flexibility index (Phi) is 3.51. The van der Waals surface area contributed by atoms with Crippen molar-refractivity contribution in [3.63, 3.8) is 0 Å². The minimum absolute atomic E-state index is 0.566. The molecule has 0 radical (unpaired) electrons. The fraction of sp³-hybridized carbons (Fsp3) is 0.133. The Labute approximate surface area is 122 Å². The summed E-state index contributed by atoms with van der Waals surface area (Å²) < 4.78 is 7.00. The average Bonchev–Trinajstić information content (AvgIpc) is 2.98. The molecule has 0 spiro atoms. The Balaban J connectivity index is 1.93. The summed E-state index contributed by atoms with van der Waals surface area (Å²) in [6.07, 6.45) is 1.62. The summed E-state index contributed by atoms with van der Waals surface area (Å²) in [5.74, 6) is 1.82. The van der Waals surface area contributed by atoms with Gasteiger partial charge >= 0.3 is 0 Å². The summed E-state index contributed by atoms with van der Waals surface area (Å²) in [5, 5.41) is 4.43. The van der Waals surface area contributed by atoms with Crippen molar-refractivity contribution in [1.29, 1.82) is 0 Å². The smallest absolute Gasteiger partial charge is 0.215 e. The molecule has 3 aromatic rings. The van der Waals surface area contributed by atoms with Crippen LogP contribution >= 0.6 is 0 Å². The Bertz CT molecular complexity index is 753. The van der Waals surface area contributed by atoms with Crippen molar-refractivity contribution >= 4 is 5.69 Å². The molecule has 2 N–H and O–H groups in total. The lowest BCUT2D eigenvalue weighted by Crippen LogP contribution is -2.01. The quantitative estimate of drug-likeness (QED) is 0.742. The van der Waals surface area contributed by atoms with Crippen LogP contribution in [-0.4, -0.2) is 26.4 Å². The maximum atomic E-state index is 5.78. The highest BCUT2D eigenvalue weighted by Gasteiger charge is 2.07. The molecule has 6 nitrogen and oxygen atoms in total. The monoisotopic (exact) mass is 281 g/mol. The largest absolute Gasteiger partial charge is 0.478 e. The third-order valence-electron chi connectivity index (χ3n) is 2.87. The van der Waals surface area contributed by atoms with Crippen LogP contribution in [-0.2, 0) is 0 Å². The summed E-state index contributed by atoms with van der Waals surface area (Å²) in [5.41, 5.74) is 7.33. The molecule has 2 aromatic heterocycles. The Hall–Kier alpha value is -2.89. The van der Waals surface area contributed by atoms with Crippen molar-refractivity contribution in [2.24, 2.45) is 0 Å². The van der Waals surface area contributed by atoms with E-state index in [4.69, 9.17) is 10.5 Å². The third-order valence-corrected chi connectivity index (χ3v) is 2.87. The van der Waals surface area contributed by atoms with E-state index in [0.717, 1.165) is 5.56 Å². The molecule has 21 heavy (non-hydrogen) atoms. The van der Waals surface area contributed by atoms with Crippen LogP contribution in [0.25, 0.3) is 17.2 Å². The van der Waals surface area contributed by atoms with Crippen molar-refractivity contribution in [2.75, 3.05) is 12.3 Å². The van der Waals surface area contributed by atoms with Gasteiger partial charge in [0.15, 0.2) is 11.6 Å². The van der Waals surface area contributed by atoms with Gasteiger partial charge in [0.05, 0.1) is 6.61 Å². The van der Waals surface area contributed by atoms with E-state index in [-0.39, 0.29) is 0 Å². The first-order valence-electron chi connectivity index (χ1n) is 6.64. The number of nitrogen functional groups attached to an aromatic ring is 1. The maximum Gasteiger partial charge on any atom is 0.215 e. The predicted molar refractivity (Wildman–Crippen MR) is 80.2 cm³/mol. The molecule has 6 heteroatoms. The molecule has 0 bridgehead atoms. The summed E-state index contributed by atoms with van der Waals surface area (Å²) in [7, 11) is 0. The third kappa shape index (κ3) is 2.84. The van der Waals surface area contributed by atoms with Crippen LogP contribution in [0, 0.1) is 0 Å². The van der Waals surface area contributed by atoms with Gasteiger partial charge in [0.25, 0.3) is 0 Å². The van der Waals surface area contributed by atoms with E-state index >= 15 is 0 Å². The van der Waals surface area contributed by atoms with Crippen molar-refractivity contribution in [3.05, 3.63) is 48.8 Å². The normalized spacial score (nSPS) is 10.5. The Morgan fingerprint density at radius 3 is 2.86 bits per heavy atom. The molecule has 0 fully saturated rings. The van der Waals surface area contributed by atoms with Gasteiger partial charge in [-0.2, -0.15) is 4.98 Å². The number of benzene rings is 1. The second-order valence-electron chi connectivity index (χ2n) is 4.41. The van der Waals surface area contributed by atoms with Gasteiger partial charge in [-0.3, -0.25) is 0 Å². The molecule has 0 amide bonds. The van der Waals surface area contributed by atoms with E-state index < -0.39 is 0 Å². The van der Waals surface area contributed by atoms with E-state index in [1.54, 1.807) is 11.0 Å². The van der Waals surface area contributed by atoms with Crippen LogP contribution in [0.2, 0.25) is 0 Å². The van der Waals surface area contributed by atoms with Gasteiger partial charge in [0.1, 0.15) is 6.33 Å². The molecule has 3 rings (SSSR count). The fourth-order valence-corrected chi connectivity index (χ4v) is 1.94. The summed E-state index contributed by atoms with van der Waals surface area (Å²) in [4.78, 5) is 8.67. The van der Waals surface area contributed by atoms with Crippen LogP contribution in [0.4, 0.5) is 5.69 Å². The fourth-order valence-electron chi connectivity index (χ4n) is 1.94. The number of rotatable bonds is 4. The van der Waals surface area contributed by atoms with Gasteiger partial charge in [-0.1, -0.05) is 18.2 Å². The van der Waals surface area contributed by atoms with Crippen LogP contribution < -0.4 is 10.5 Å². The van der Waals surface area contributed by atoms with Gasteiger partial charge in [0.2, 0.25) is 5.88 Å². The van der Waals surface area contributed by atoms with Gasteiger partial charge in [-0.15, -0.1) is 5.10 Å². The average molecular weight is 281 g/mol. The number of hydrogen-bond donors (Lipinski definition) is 1. The number of ether oxygens (including phenoxy) is 1. The zero-order valence-electron chi connectivity index (χ0n) is 11.6. The molecule has 2 heterocycles. The SMILES string of the molecule is CCOc1cccc(-n2cnc(-c3cccc(N)c3)n2)n1. The highest BCUT2D eigenvalue weighted by Crippen LogP contribution is 2.18. The summed E-state index contributed by atoms with van der Waals surface area (Å²) >= 11 is 0. The molecule has 0 aliphatic heterocycles. The van der Waals surface area contributed by atoms with Crippen LogP contribution in [0.3, 0.4) is 0 Å². The lowest BCUT2D eigenvalue weighted by molar-refractivity contribution is 0.326. The molecular formula is C15H15N5O. The molecular weight excluding hydrogens is 266 g/mol. The van der Waals surface area contributed by atoms with Gasteiger partial charge in [-0.05, 0) is 25.1 Å². The van der Waals surface area contributed by atoms with Gasteiger partial charge in [0, 0.05) is 17.3 Å². The highest BCUT2D eigenvalue weighted by atomic mass is 16.5. The first-order chi connectivity index (χ1) is 10.3. The van der Waals surface area contributed by atoms with E-state index in [0.29, 0.717) is 29.8 Å². The number of nitrogens with two attached hydrogens (primary N) is 1. The molecule has 0 aliphatic rings. The molecule has 0 saturated carbocycles. The van der Waals surface area contributed by atoms with Crippen molar-refractivity contribution in [2.45, 2.75) is 6.92 Å². The van der Waals surface area contributed by atoms with Crippen molar-refractivity contribution in [3.8, 4) is 23.1 Å². The van der Waals surface area contributed by atoms with Crippen LogP contribution in [0.1, 0.15) is 6.92 Å². The van der Waals surface area contributed by atoms with Gasteiger partial charge in [-0.25, -0.2) is 9.67 Å². The van der Waals surface area contributed by atoms with E-state index in [9.17, 15) is 0 Å². The second-order valence-corrected chi connectivity index (χ2v) is 4.41. The second kappa shape index (κ2) is 5.62. The number of anilines is 1. The number of aromatic nitrogens is 4. The molecule has 1 aromatic carbocycles. The number of nitrogens with zero attached hydrogens (tertiary/aromatic N) is 4. The zero-order chi connectivity index (χ0) is 14.7. The summed E-state index contributed by atoms with van der Waals surface area (Å²) in [6.45, 7) is 2.49. The first-order valence-corrected chi connectivity index (χ1v) is 6.64. The van der Waals surface area contributed by atoms with Crippen molar-refractivity contribution in [1.82, 2.24) is 19.7 Å². The van der Waals surface area contributed by atoms with Gasteiger partial charge < -0.3 is 10.5 Å². The van der Waals surface area contributed by atoms with Crippen molar-refractivity contribution < 1.29 is 4.74 Å². The molecule has 0 aliphatic carbocycles. The Morgan fingerprint density at radius 2 is 2.05 bits per heavy atom. The van der Waals surface area contributed by atoms with E-state index in [2.05, 4.69) is 15.1 Å². The Morgan fingerprint density at radius 1 is 1.19 bits per heavy atom. The first kappa shape index (κ1) is 13.1. The number of pyridine rings is 1. The zero-order valence-corrected chi connectivity index (χ0v) is 11.6. The molecule has 0 atom stereocenters. The predicted octanol–water partition coefficient (Wildman–Crippen LogP) is 2.31. The minimum atomic E-state index is 0.566. The summed E-state index contributed by atoms with van der Waals surface area (Å²) in [6, 6.07) is 13.0. The van der Waals surface area contributed by atoms with E-state index in [1.807, 2.05) is 49.4 Å². The molecule has 0 unspecified atom stereocenters. The maximum absolute atomic E-state index is 5.78. The minimum Gasteiger partial charge on any atom is -0.478 e. The lowest BCUT2D eigenvalue weighted by atomic mass is 10.2. The highest BCUT2D eigenvalue weighted by molar-refractivity contribution is 5.60. The topological polar surface area (TPSA) is 78.9 Å². The van der Waals surface area contributed by atoms with E-state index in [1.165, 1.54) is 0 Å². The van der Waals surface area contributed by atoms with Crippen LogP contribution in [0.15, 0.2) is 48.8 Å². The number of hydrogen-bond acceptors (Lipinski definition) is 5.